The Kier molecular flexibility index (Phi) is 6.66. The van der Waals surface area contributed by atoms with Gasteiger partial charge in [-0.2, -0.15) is 0 Å². The Morgan fingerprint density at radius 1 is 1.06 bits per heavy atom. The zero-order chi connectivity index (χ0) is 11.3. The van der Waals surface area contributed by atoms with Gasteiger partial charge in [-0.3, -0.25) is 0 Å². The van der Waals surface area contributed by atoms with Crippen LogP contribution < -0.4 is 4.74 Å². The predicted molar refractivity (Wildman–Crippen MR) is 55.6 cm³/mol. The van der Waals surface area contributed by atoms with Crippen LogP contribution in [0.1, 0.15) is 5.56 Å². The molecule has 0 fully saturated rings. The van der Waals surface area contributed by atoms with E-state index in [1.54, 1.807) is 0 Å². The van der Waals surface area contributed by atoms with Crippen molar-refractivity contribution in [2.24, 2.45) is 0 Å². The molecule has 0 saturated carbocycles. The molecule has 0 aliphatic carbocycles. The molecule has 1 aromatic carbocycles. The van der Waals surface area contributed by atoms with Gasteiger partial charge in [-0.25, -0.2) is 0 Å². The van der Waals surface area contributed by atoms with E-state index in [0.29, 0.717) is 6.61 Å². The molecule has 0 amide bonds. The maximum atomic E-state index is 7.33. The summed E-state index contributed by atoms with van der Waals surface area (Å²) >= 11 is 0. The maximum Gasteiger partial charge on any atom is 0.668 e. The molecule has 5 nitrogen and oxygen atoms in total. The van der Waals surface area contributed by atoms with Crippen molar-refractivity contribution in [2.45, 2.75) is 0 Å². The summed E-state index contributed by atoms with van der Waals surface area (Å²) in [5, 5.41) is 0. The fourth-order valence-electron chi connectivity index (χ4n) is 1.06. The summed E-state index contributed by atoms with van der Waals surface area (Å²) < 4.78 is 5.34. The largest absolute Gasteiger partial charge is 0.668 e. The summed E-state index contributed by atoms with van der Waals surface area (Å²) in [5.74, 6) is 0.991. The zero-order valence-electron chi connectivity index (χ0n) is 8.58. The van der Waals surface area contributed by atoms with Gasteiger partial charge in [0, 0.05) is 25.0 Å². The normalized spacial score (nSPS) is 12.5. The third-order valence-corrected chi connectivity index (χ3v) is 1.55. The minimum Gasteiger partial charge on any atom is -0.489 e. The Labute approximate surface area is 107 Å². The Bertz CT molecular complexity index is 344. The number of fused-ring (bicyclic) bond motifs is 1. The number of rotatable bonds is 0. The standard InChI is InChI=1S/C9H8O.H4O4Si.Zn/c1-2-6-9-8(4-1)5-3-7-10-9;1-5(2,3)4;/h1-6H,7H2;1-4H;. The molecule has 0 bridgehead atoms. The van der Waals surface area contributed by atoms with Gasteiger partial charge < -0.3 is 23.9 Å². The van der Waals surface area contributed by atoms with Crippen molar-refractivity contribution in [3.8, 4) is 5.75 Å². The van der Waals surface area contributed by atoms with Crippen LogP contribution in [0.15, 0.2) is 30.3 Å². The van der Waals surface area contributed by atoms with Gasteiger partial charge >= 0.3 is 9.05 Å². The van der Waals surface area contributed by atoms with E-state index in [1.165, 1.54) is 5.56 Å². The topological polar surface area (TPSA) is 90.2 Å². The molecule has 4 N–H and O–H groups in total. The van der Waals surface area contributed by atoms with Crippen LogP contribution in [-0.4, -0.2) is 34.8 Å². The van der Waals surface area contributed by atoms with Crippen LogP contribution in [0.4, 0.5) is 0 Å². The van der Waals surface area contributed by atoms with Gasteiger partial charge in [0.1, 0.15) is 12.4 Å². The molecule has 7 heteroatoms. The van der Waals surface area contributed by atoms with Gasteiger partial charge in [-0.1, -0.05) is 24.3 Å². The summed E-state index contributed by atoms with van der Waals surface area (Å²) in [7, 11) is -4.61. The molecule has 0 aromatic heterocycles. The number of hydrogen-bond acceptors (Lipinski definition) is 5. The van der Waals surface area contributed by atoms with Gasteiger partial charge in [-0.05, 0) is 12.1 Å². The molecule has 1 aliphatic rings. The van der Waals surface area contributed by atoms with Crippen LogP contribution >= 0.6 is 0 Å². The first-order chi connectivity index (χ1) is 6.97. The maximum absolute atomic E-state index is 7.33. The number of benzene rings is 1. The van der Waals surface area contributed by atoms with Crippen LogP contribution in [0.2, 0.25) is 0 Å². The Balaban J connectivity index is 0.000000330. The number of para-hydroxylation sites is 1. The second-order valence-electron chi connectivity index (χ2n) is 2.85. The summed E-state index contributed by atoms with van der Waals surface area (Å²) in [4.78, 5) is 29.3. The van der Waals surface area contributed by atoms with Crippen molar-refractivity contribution in [3.63, 3.8) is 0 Å². The third kappa shape index (κ3) is 6.84. The van der Waals surface area contributed by atoms with E-state index in [0.717, 1.165) is 5.75 Å². The first-order valence-corrected chi connectivity index (χ1v) is 6.03. The van der Waals surface area contributed by atoms with Gasteiger partial charge in [0.2, 0.25) is 0 Å². The van der Waals surface area contributed by atoms with E-state index in [1.807, 2.05) is 30.3 Å². The van der Waals surface area contributed by atoms with Crippen LogP contribution in [-0.2, 0) is 19.5 Å². The minimum atomic E-state index is -4.61. The summed E-state index contributed by atoms with van der Waals surface area (Å²) in [6.45, 7) is 0.705. The van der Waals surface area contributed by atoms with Gasteiger partial charge in [0.05, 0.1) is 0 Å². The minimum absolute atomic E-state index is 0. The van der Waals surface area contributed by atoms with E-state index < -0.39 is 9.05 Å². The average molecular weight is 294 g/mol. The van der Waals surface area contributed by atoms with Crippen LogP contribution in [0.3, 0.4) is 0 Å². The summed E-state index contributed by atoms with van der Waals surface area (Å²) in [5.41, 5.74) is 1.17. The van der Waals surface area contributed by atoms with E-state index in [-0.39, 0.29) is 19.5 Å². The molecule has 0 radical (unpaired) electrons. The van der Waals surface area contributed by atoms with Gasteiger partial charge in [-0.15, -0.1) is 0 Å². The second-order valence-corrected chi connectivity index (χ2v) is 4.05. The van der Waals surface area contributed by atoms with Crippen molar-refractivity contribution in [1.82, 2.24) is 0 Å². The molecular weight excluding hydrogens is 282 g/mol. The van der Waals surface area contributed by atoms with E-state index in [4.69, 9.17) is 23.9 Å². The fraction of sp³-hybridized carbons (Fsp3) is 0.111. The summed E-state index contributed by atoms with van der Waals surface area (Å²) in [6.07, 6.45) is 4.10. The number of hydrogen-bond donors (Lipinski definition) is 4. The van der Waals surface area contributed by atoms with E-state index in [2.05, 4.69) is 6.08 Å². The molecule has 0 atom stereocenters. The molecule has 2 rings (SSSR count). The average Bonchev–Trinajstić information content (AvgIpc) is 2.16. The molecule has 0 unspecified atom stereocenters. The molecule has 1 heterocycles. The smallest absolute Gasteiger partial charge is 0.489 e. The second kappa shape index (κ2) is 6.90. The fourth-order valence-corrected chi connectivity index (χ4v) is 1.06. The molecule has 1 aliphatic heterocycles. The molecular formula is C9H12O5SiZn. The first-order valence-electron chi connectivity index (χ1n) is 4.24. The van der Waals surface area contributed by atoms with Crippen molar-refractivity contribution in [1.29, 1.82) is 0 Å². The molecule has 0 saturated heterocycles. The van der Waals surface area contributed by atoms with Crippen LogP contribution in [0.5, 0.6) is 5.75 Å². The molecule has 84 valence electrons. The Morgan fingerprint density at radius 2 is 1.62 bits per heavy atom. The monoisotopic (exact) mass is 292 g/mol. The van der Waals surface area contributed by atoms with E-state index in [9.17, 15) is 0 Å². The van der Waals surface area contributed by atoms with Gasteiger partial charge in [0.15, 0.2) is 0 Å². The third-order valence-electron chi connectivity index (χ3n) is 1.55. The number of ether oxygens (including phenoxy) is 1. The Morgan fingerprint density at radius 3 is 2.19 bits per heavy atom. The molecule has 0 spiro atoms. The Hall–Kier alpha value is -0.560. The molecule has 1 aromatic rings. The van der Waals surface area contributed by atoms with Crippen molar-refractivity contribution in [3.05, 3.63) is 35.9 Å². The van der Waals surface area contributed by atoms with Crippen LogP contribution in [0.25, 0.3) is 6.08 Å². The summed E-state index contributed by atoms with van der Waals surface area (Å²) in [6, 6.07) is 8.03. The predicted octanol–water partition coefficient (Wildman–Crippen LogP) is -0.519. The van der Waals surface area contributed by atoms with Crippen molar-refractivity contribution in [2.75, 3.05) is 6.61 Å². The first kappa shape index (κ1) is 15.4. The molecule has 16 heavy (non-hydrogen) atoms. The zero-order valence-corrected chi connectivity index (χ0v) is 12.5. The van der Waals surface area contributed by atoms with Crippen LogP contribution in [0, 0.1) is 0 Å². The van der Waals surface area contributed by atoms with Crippen molar-refractivity contribution < 1.29 is 43.4 Å². The van der Waals surface area contributed by atoms with Crippen molar-refractivity contribution >= 4 is 15.1 Å². The van der Waals surface area contributed by atoms with Gasteiger partial charge in [0.25, 0.3) is 0 Å². The SMILES string of the molecule is C1=Cc2ccccc2OC1.O[Si](O)(O)O.[Zn]. The quantitative estimate of drug-likeness (QED) is 0.483. The van der Waals surface area contributed by atoms with E-state index >= 15 is 0 Å².